The van der Waals surface area contributed by atoms with Crippen molar-refractivity contribution in [3.05, 3.63) is 35.2 Å². The van der Waals surface area contributed by atoms with Crippen LogP contribution in [-0.4, -0.2) is 10.2 Å². The summed E-state index contributed by atoms with van der Waals surface area (Å²) in [5, 5.41) is 18.8. The van der Waals surface area contributed by atoms with Gasteiger partial charge in [0.15, 0.2) is 0 Å². The van der Waals surface area contributed by atoms with Gasteiger partial charge in [0.2, 0.25) is 0 Å². The zero-order valence-electron chi connectivity index (χ0n) is 11.3. The number of hydrogen-bond donors (Lipinski definition) is 2. The highest BCUT2D eigenvalue weighted by atomic mass is 19.1. The van der Waals surface area contributed by atoms with Gasteiger partial charge in [0.25, 0.3) is 0 Å². The Labute approximate surface area is 113 Å². The van der Waals surface area contributed by atoms with Crippen LogP contribution in [0.3, 0.4) is 0 Å². The third-order valence-corrected chi connectivity index (χ3v) is 3.04. The summed E-state index contributed by atoms with van der Waals surface area (Å²) in [5.41, 5.74) is 1.53. The Balaban J connectivity index is 0.000000550. The van der Waals surface area contributed by atoms with Crippen molar-refractivity contribution in [1.82, 2.24) is 0 Å². The Morgan fingerprint density at radius 2 is 2.00 bits per heavy atom. The van der Waals surface area contributed by atoms with Crippen molar-refractivity contribution in [3.8, 4) is 23.8 Å². The molecule has 0 bridgehead atoms. The van der Waals surface area contributed by atoms with Crippen LogP contribution in [0, 0.1) is 18.2 Å². The molecular formula is C16H19FO2. The Bertz CT molecular complexity index is 489. The first-order valence-corrected chi connectivity index (χ1v) is 6.25. The lowest BCUT2D eigenvalue weighted by molar-refractivity contribution is 0.427. The van der Waals surface area contributed by atoms with E-state index in [0.29, 0.717) is 5.56 Å². The molecular weight excluding hydrogens is 243 g/mol. The van der Waals surface area contributed by atoms with Gasteiger partial charge in [-0.05, 0) is 33.1 Å². The molecule has 0 saturated heterocycles. The summed E-state index contributed by atoms with van der Waals surface area (Å²) in [6.07, 6.45) is 9.48. The molecule has 0 spiro atoms. The first-order valence-electron chi connectivity index (χ1n) is 6.25. The molecule has 0 amide bonds. The average molecular weight is 262 g/mol. The first kappa shape index (κ1) is 15.1. The van der Waals surface area contributed by atoms with Crippen molar-refractivity contribution in [2.45, 2.75) is 39.0 Å². The SMILES string of the molecule is C#CC.CC1=CC(c2c(O)cc(O)cc2F)CCC1. The molecule has 0 heterocycles. The van der Waals surface area contributed by atoms with E-state index in [4.69, 9.17) is 5.11 Å². The fraction of sp³-hybridized carbons (Fsp3) is 0.375. The lowest BCUT2D eigenvalue weighted by Crippen LogP contribution is -2.04. The lowest BCUT2D eigenvalue weighted by Gasteiger charge is -2.21. The zero-order chi connectivity index (χ0) is 14.4. The van der Waals surface area contributed by atoms with Crippen LogP contribution in [0.15, 0.2) is 23.8 Å². The van der Waals surface area contributed by atoms with Crippen LogP contribution in [0.2, 0.25) is 0 Å². The number of rotatable bonds is 1. The van der Waals surface area contributed by atoms with E-state index < -0.39 is 5.82 Å². The molecule has 2 rings (SSSR count). The van der Waals surface area contributed by atoms with E-state index in [1.54, 1.807) is 6.92 Å². The summed E-state index contributed by atoms with van der Waals surface area (Å²) < 4.78 is 13.7. The molecule has 102 valence electrons. The predicted molar refractivity (Wildman–Crippen MR) is 74.6 cm³/mol. The number of halogens is 1. The van der Waals surface area contributed by atoms with Crippen molar-refractivity contribution in [1.29, 1.82) is 0 Å². The summed E-state index contributed by atoms with van der Waals surface area (Å²) in [4.78, 5) is 0. The summed E-state index contributed by atoms with van der Waals surface area (Å²) in [5.74, 6) is 1.24. The number of phenols is 2. The standard InChI is InChI=1S/C13H15FO2.C3H4/c1-8-3-2-4-9(5-8)13-11(14)6-10(15)7-12(13)16;1-3-2/h5-7,9,15-16H,2-4H2,1H3;1H,2H3. The second-order valence-electron chi connectivity index (χ2n) is 4.66. The first-order chi connectivity index (χ1) is 8.99. The van der Waals surface area contributed by atoms with E-state index in [9.17, 15) is 9.50 Å². The molecule has 0 fully saturated rings. The molecule has 1 aliphatic carbocycles. The van der Waals surface area contributed by atoms with Gasteiger partial charge >= 0.3 is 0 Å². The van der Waals surface area contributed by atoms with Crippen LogP contribution in [0.5, 0.6) is 11.5 Å². The molecule has 1 aromatic carbocycles. The molecule has 0 aromatic heterocycles. The van der Waals surface area contributed by atoms with Crippen LogP contribution < -0.4 is 0 Å². The largest absolute Gasteiger partial charge is 0.508 e. The van der Waals surface area contributed by atoms with E-state index in [2.05, 4.69) is 12.3 Å². The highest BCUT2D eigenvalue weighted by Gasteiger charge is 2.21. The summed E-state index contributed by atoms with van der Waals surface area (Å²) in [6, 6.07) is 2.24. The van der Waals surface area contributed by atoms with Gasteiger partial charge in [-0.2, -0.15) is 0 Å². The highest BCUT2D eigenvalue weighted by Crippen LogP contribution is 2.38. The molecule has 1 aromatic rings. The molecule has 0 radical (unpaired) electrons. The maximum atomic E-state index is 13.7. The maximum absolute atomic E-state index is 13.7. The minimum Gasteiger partial charge on any atom is -0.508 e. The van der Waals surface area contributed by atoms with Crippen molar-refractivity contribution in [2.24, 2.45) is 0 Å². The van der Waals surface area contributed by atoms with Gasteiger partial charge in [-0.3, -0.25) is 0 Å². The molecule has 1 atom stereocenters. The van der Waals surface area contributed by atoms with E-state index >= 15 is 0 Å². The Morgan fingerprint density at radius 3 is 2.53 bits per heavy atom. The summed E-state index contributed by atoms with van der Waals surface area (Å²) in [7, 11) is 0. The van der Waals surface area contributed by atoms with Crippen LogP contribution in [0.4, 0.5) is 4.39 Å². The van der Waals surface area contributed by atoms with E-state index in [1.807, 2.05) is 13.0 Å². The smallest absolute Gasteiger partial charge is 0.134 e. The number of phenolic OH excluding ortho intramolecular Hbond substituents is 2. The second-order valence-corrected chi connectivity index (χ2v) is 4.66. The molecule has 1 unspecified atom stereocenters. The van der Waals surface area contributed by atoms with Crippen LogP contribution in [-0.2, 0) is 0 Å². The van der Waals surface area contributed by atoms with Crippen molar-refractivity contribution in [3.63, 3.8) is 0 Å². The number of allylic oxidation sites excluding steroid dienone is 2. The minimum atomic E-state index is -0.534. The summed E-state index contributed by atoms with van der Waals surface area (Å²) >= 11 is 0. The topological polar surface area (TPSA) is 40.5 Å². The number of aromatic hydroxyl groups is 2. The van der Waals surface area contributed by atoms with E-state index in [1.165, 1.54) is 11.6 Å². The van der Waals surface area contributed by atoms with Gasteiger partial charge < -0.3 is 10.2 Å². The zero-order valence-corrected chi connectivity index (χ0v) is 11.3. The Hall–Kier alpha value is -1.95. The van der Waals surface area contributed by atoms with Crippen molar-refractivity contribution in [2.75, 3.05) is 0 Å². The van der Waals surface area contributed by atoms with Crippen molar-refractivity contribution < 1.29 is 14.6 Å². The third-order valence-electron chi connectivity index (χ3n) is 3.04. The maximum Gasteiger partial charge on any atom is 0.134 e. The lowest BCUT2D eigenvalue weighted by atomic mass is 9.85. The fourth-order valence-electron chi connectivity index (χ4n) is 2.30. The normalized spacial score (nSPS) is 17.8. The van der Waals surface area contributed by atoms with Crippen molar-refractivity contribution >= 4 is 0 Å². The predicted octanol–water partition coefficient (Wildman–Crippen LogP) is 4.09. The van der Waals surface area contributed by atoms with E-state index in [-0.39, 0.29) is 17.4 Å². The molecule has 1 aliphatic rings. The van der Waals surface area contributed by atoms with Crippen LogP contribution >= 0.6 is 0 Å². The number of benzene rings is 1. The monoisotopic (exact) mass is 262 g/mol. The highest BCUT2D eigenvalue weighted by molar-refractivity contribution is 5.44. The molecule has 2 N–H and O–H groups in total. The molecule has 2 nitrogen and oxygen atoms in total. The van der Waals surface area contributed by atoms with Gasteiger partial charge in [0, 0.05) is 23.6 Å². The molecule has 3 heteroatoms. The average Bonchev–Trinajstić information content (AvgIpc) is 2.28. The van der Waals surface area contributed by atoms with Crippen LogP contribution in [0.1, 0.15) is 44.6 Å². The Morgan fingerprint density at radius 1 is 1.37 bits per heavy atom. The molecule has 0 aliphatic heterocycles. The van der Waals surface area contributed by atoms with Gasteiger partial charge in [-0.15, -0.1) is 12.3 Å². The number of hydrogen-bond acceptors (Lipinski definition) is 2. The van der Waals surface area contributed by atoms with Gasteiger partial charge in [0.05, 0.1) is 0 Å². The third kappa shape index (κ3) is 4.03. The van der Waals surface area contributed by atoms with Gasteiger partial charge in [-0.1, -0.05) is 11.6 Å². The second kappa shape index (κ2) is 6.84. The fourth-order valence-corrected chi connectivity index (χ4v) is 2.30. The van der Waals surface area contributed by atoms with Gasteiger partial charge in [-0.25, -0.2) is 4.39 Å². The van der Waals surface area contributed by atoms with Gasteiger partial charge in [0.1, 0.15) is 17.3 Å². The minimum absolute atomic E-state index is 0.0747. The van der Waals surface area contributed by atoms with E-state index in [0.717, 1.165) is 25.3 Å². The molecule has 19 heavy (non-hydrogen) atoms. The number of terminal acetylenes is 1. The quantitative estimate of drug-likeness (QED) is 0.591. The molecule has 0 saturated carbocycles. The summed E-state index contributed by atoms with van der Waals surface area (Å²) in [6.45, 7) is 3.67. The van der Waals surface area contributed by atoms with Crippen LogP contribution in [0.25, 0.3) is 0 Å². The Kier molecular flexibility index (Phi) is 5.44.